The third-order valence-electron chi connectivity index (χ3n) is 3.19. The van der Waals surface area contributed by atoms with Gasteiger partial charge in [0.1, 0.15) is 5.82 Å². The first-order valence-electron chi connectivity index (χ1n) is 5.82. The Hall–Kier alpha value is -0.980. The number of nitrogens with zero attached hydrogens (tertiary/aromatic N) is 1. The standard InChI is InChI=1S/C12H16FNO3S/c1-17-11-6-8-14(9-7-11)18(15,16)12-4-2-10(13)3-5-12/h2-5,11H,6-9H2,1H3. The van der Waals surface area contributed by atoms with Gasteiger partial charge in [-0.2, -0.15) is 4.31 Å². The number of rotatable bonds is 3. The smallest absolute Gasteiger partial charge is 0.243 e. The van der Waals surface area contributed by atoms with Crippen molar-refractivity contribution in [3.8, 4) is 0 Å². The molecule has 0 saturated carbocycles. The van der Waals surface area contributed by atoms with Crippen molar-refractivity contribution in [1.29, 1.82) is 0 Å². The van der Waals surface area contributed by atoms with Crippen LogP contribution in [0.25, 0.3) is 0 Å². The van der Waals surface area contributed by atoms with Gasteiger partial charge in [-0.15, -0.1) is 0 Å². The van der Waals surface area contributed by atoms with Crippen LogP contribution in [0.3, 0.4) is 0 Å². The molecule has 0 aliphatic carbocycles. The van der Waals surface area contributed by atoms with Crippen LogP contribution in [-0.2, 0) is 14.8 Å². The molecule has 1 fully saturated rings. The van der Waals surface area contributed by atoms with E-state index in [0.29, 0.717) is 25.9 Å². The third-order valence-corrected chi connectivity index (χ3v) is 5.10. The summed E-state index contributed by atoms with van der Waals surface area (Å²) in [6, 6.07) is 4.92. The summed E-state index contributed by atoms with van der Waals surface area (Å²) in [6.45, 7) is 0.885. The summed E-state index contributed by atoms with van der Waals surface area (Å²) < 4.78 is 43.9. The van der Waals surface area contributed by atoms with Crippen molar-refractivity contribution in [1.82, 2.24) is 4.31 Å². The zero-order valence-electron chi connectivity index (χ0n) is 10.2. The first-order chi connectivity index (χ1) is 8.54. The van der Waals surface area contributed by atoms with Gasteiger partial charge in [-0.3, -0.25) is 0 Å². The SMILES string of the molecule is COC1CCN(S(=O)(=O)c2ccc(F)cc2)CC1. The molecular weight excluding hydrogens is 257 g/mol. The Bertz CT molecular complexity index is 493. The van der Waals surface area contributed by atoms with Crippen molar-refractivity contribution in [2.24, 2.45) is 0 Å². The predicted octanol–water partition coefficient (Wildman–Crippen LogP) is 1.63. The van der Waals surface area contributed by atoms with Crippen LogP contribution in [0.5, 0.6) is 0 Å². The average Bonchev–Trinajstić information content (AvgIpc) is 2.39. The van der Waals surface area contributed by atoms with E-state index in [-0.39, 0.29) is 11.0 Å². The molecule has 1 aliphatic heterocycles. The van der Waals surface area contributed by atoms with Crippen molar-refractivity contribution >= 4 is 10.0 Å². The fourth-order valence-corrected chi connectivity index (χ4v) is 3.53. The van der Waals surface area contributed by atoms with Gasteiger partial charge in [0, 0.05) is 20.2 Å². The zero-order valence-corrected chi connectivity index (χ0v) is 11.0. The van der Waals surface area contributed by atoms with E-state index in [4.69, 9.17) is 4.74 Å². The number of halogens is 1. The Morgan fingerprint density at radius 1 is 1.22 bits per heavy atom. The maximum Gasteiger partial charge on any atom is 0.243 e. The van der Waals surface area contributed by atoms with E-state index in [1.165, 1.54) is 16.4 Å². The van der Waals surface area contributed by atoms with Crippen LogP contribution in [0.1, 0.15) is 12.8 Å². The van der Waals surface area contributed by atoms with Crippen molar-refractivity contribution in [3.63, 3.8) is 0 Å². The summed E-state index contributed by atoms with van der Waals surface area (Å²) in [5.41, 5.74) is 0. The van der Waals surface area contributed by atoms with E-state index in [1.54, 1.807) is 7.11 Å². The molecule has 0 amide bonds. The van der Waals surface area contributed by atoms with Gasteiger partial charge in [0.05, 0.1) is 11.0 Å². The molecule has 0 aromatic heterocycles. The second-order valence-corrected chi connectivity index (χ2v) is 6.23. The lowest BCUT2D eigenvalue weighted by Gasteiger charge is -2.30. The van der Waals surface area contributed by atoms with E-state index >= 15 is 0 Å². The number of ether oxygens (including phenoxy) is 1. The van der Waals surface area contributed by atoms with Gasteiger partial charge >= 0.3 is 0 Å². The highest BCUT2D eigenvalue weighted by atomic mass is 32.2. The first kappa shape index (κ1) is 13.5. The van der Waals surface area contributed by atoms with Gasteiger partial charge in [0.15, 0.2) is 0 Å². The van der Waals surface area contributed by atoms with Crippen LogP contribution in [0, 0.1) is 5.82 Å². The summed E-state index contributed by atoms with van der Waals surface area (Å²) >= 11 is 0. The minimum atomic E-state index is -3.50. The van der Waals surface area contributed by atoms with Gasteiger partial charge in [0.2, 0.25) is 10.0 Å². The lowest BCUT2D eigenvalue weighted by molar-refractivity contribution is 0.0604. The maximum atomic E-state index is 12.8. The Kier molecular flexibility index (Phi) is 3.99. The lowest BCUT2D eigenvalue weighted by atomic mass is 10.1. The Morgan fingerprint density at radius 2 is 1.78 bits per heavy atom. The maximum absolute atomic E-state index is 12.8. The predicted molar refractivity (Wildman–Crippen MR) is 65.2 cm³/mol. The summed E-state index contributed by atoms with van der Waals surface area (Å²) in [5.74, 6) is -0.438. The van der Waals surface area contributed by atoms with Crippen LogP contribution in [0.4, 0.5) is 4.39 Å². The summed E-state index contributed by atoms with van der Waals surface area (Å²) in [4.78, 5) is 0.139. The number of benzene rings is 1. The number of methoxy groups -OCH3 is 1. The molecule has 0 atom stereocenters. The van der Waals surface area contributed by atoms with E-state index in [2.05, 4.69) is 0 Å². The molecule has 1 heterocycles. The lowest BCUT2D eigenvalue weighted by Crippen LogP contribution is -2.40. The van der Waals surface area contributed by atoms with Crippen molar-refractivity contribution in [2.45, 2.75) is 23.8 Å². The molecule has 100 valence electrons. The highest BCUT2D eigenvalue weighted by Gasteiger charge is 2.29. The average molecular weight is 273 g/mol. The summed E-state index contributed by atoms with van der Waals surface area (Å²) in [7, 11) is -1.87. The molecule has 0 bridgehead atoms. The molecule has 1 aliphatic rings. The van der Waals surface area contributed by atoms with E-state index in [9.17, 15) is 12.8 Å². The molecule has 0 unspecified atom stereocenters. The third kappa shape index (κ3) is 2.71. The summed E-state index contributed by atoms with van der Waals surface area (Å²) in [6.07, 6.45) is 1.51. The molecule has 0 N–H and O–H groups in total. The van der Waals surface area contributed by atoms with Crippen LogP contribution >= 0.6 is 0 Å². The fourth-order valence-electron chi connectivity index (χ4n) is 2.06. The minimum Gasteiger partial charge on any atom is -0.381 e. The Morgan fingerprint density at radius 3 is 2.28 bits per heavy atom. The molecule has 6 heteroatoms. The largest absolute Gasteiger partial charge is 0.381 e. The second-order valence-electron chi connectivity index (χ2n) is 4.29. The van der Waals surface area contributed by atoms with E-state index in [0.717, 1.165) is 12.1 Å². The molecule has 1 saturated heterocycles. The number of hydrogen-bond acceptors (Lipinski definition) is 3. The van der Waals surface area contributed by atoms with Gasteiger partial charge in [-0.05, 0) is 37.1 Å². The monoisotopic (exact) mass is 273 g/mol. The Labute approximate surface area is 106 Å². The van der Waals surface area contributed by atoms with Gasteiger partial charge in [-0.1, -0.05) is 0 Å². The van der Waals surface area contributed by atoms with Crippen molar-refractivity contribution in [2.75, 3.05) is 20.2 Å². The number of sulfonamides is 1. The van der Waals surface area contributed by atoms with Gasteiger partial charge in [-0.25, -0.2) is 12.8 Å². The highest BCUT2D eigenvalue weighted by molar-refractivity contribution is 7.89. The fraction of sp³-hybridized carbons (Fsp3) is 0.500. The molecule has 1 aromatic carbocycles. The molecule has 4 nitrogen and oxygen atoms in total. The highest BCUT2D eigenvalue weighted by Crippen LogP contribution is 2.21. The van der Waals surface area contributed by atoms with E-state index in [1.807, 2.05) is 0 Å². The molecular formula is C12H16FNO3S. The number of piperidine rings is 1. The number of hydrogen-bond donors (Lipinski definition) is 0. The second kappa shape index (κ2) is 5.34. The Balaban J connectivity index is 2.15. The molecule has 0 spiro atoms. The normalized spacial score (nSPS) is 19.0. The quantitative estimate of drug-likeness (QED) is 0.841. The topological polar surface area (TPSA) is 46.6 Å². The van der Waals surface area contributed by atoms with Crippen molar-refractivity contribution in [3.05, 3.63) is 30.1 Å². The molecule has 2 rings (SSSR count). The minimum absolute atomic E-state index is 0.129. The van der Waals surface area contributed by atoms with Crippen LogP contribution in [0.15, 0.2) is 29.2 Å². The van der Waals surface area contributed by atoms with Crippen molar-refractivity contribution < 1.29 is 17.5 Å². The first-order valence-corrected chi connectivity index (χ1v) is 7.26. The molecule has 18 heavy (non-hydrogen) atoms. The zero-order chi connectivity index (χ0) is 13.2. The molecule has 0 radical (unpaired) electrons. The van der Waals surface area contributed by atoms with Crippen LogP contribution < -0.4 is 0 Å². The van der Waals surface area contributed by atoms with Crippen LogP contribution in [0.2, 0.25) is 0 Å². The summed E-state index contributed by atoms with van der Waals surface area (Å²) in [5, 5.41) is 0. The van der Waals surface area contributed by atoms with Gasteiger partial charge < -0.3 is 4.74 Å². The van der Waals surface area contributed by atoms with E-state index < -0.39 is 15.8 Å². The van der Waals surface area contributed by atoms with Crippen LogP contribution in [-0.4, -0.2) is 39.0 Å². The van der Waals surface area contributed by atoms with Gasteiger partial charge in [0.25, 0.3) is 0 Å². The molecule has 1 aromatic rings.